The summed E-state index contributed by atoms with van der Waals surface area (Å²) in [6.07, 6.45) is 0. The van der Waals surface area contributed by atoms with Crippen LogP contribution in [0.5, 0.6) is 5.75 Å². The second-order valence-electron chi connectivity index (χ2n) is 4.95. The number of benzene rings is 1. The summed E-state index contributed by atoms with van der Waals surface area (Å²) in [7, 11) is 0. The largest absolute Gasteiger partial charge is 0.494 e. The number of nitrogens with one attached hydrogen (secondary N) is 1. The smallest absolute Gasteiger partial charge is 0.322 e. The number of amides is 1. The molecule has 116 valence electrons. The Balaban J connectivity index is 2.51. The maximum Gasteiger partial charge on any atom is 0.322 e. The molecule has 6 heteroatoms. The standard InChI is InChI=1S/C15H21NO4S/c1-4-20-12-7-5-11(6-8-12)10-21-15(2,3)14(19)16-9-13(17)18/h5-8H,4,9-10H2,1-3H3,(H,16,19)(H,17,18). The van der Waals surface area contributed by atoms with E-state index in [1.807, 2.05) is 31.2 Å². The molecule has 5 nitrogen and oxygen atoms in total. The average molecular weight is 311 g/mol. The lowest BCUT2D eigenvalue weighted by molar-refractivity contribution is -0.138. The van der Waals surface area contributed by atoms with Crippen LogP contribution in [0.15, 0.2) is 24.3 Å². The summed E-state index contributed by atoms with van der Waals surface area (Å²) in [5.74, 6) is 0.168. The van der Waals surface area contributed by atoms with Crippen LogP contribution in [-0.4, -0.2) is 34.9 Å². The number of ether oxygens (including phenoxy) is 1. The highest BCUT2D eigenvalue weighted by molar-refractivity contribution is 8.00. The molecule has 0 unspecified atom stereocenters. The second kappa shape index (κ2) is 7.93. The fourth-order valence-electron chi connectivity index (χ4n) is 1.55. The van der Waals surface area contributed by atoms with Crippen LogP contribution in [0.3, 0.4) is 0 Å². The molecule has 0 atom stereocenters. The summed E-state index contributed by atoms with van der Waals surface area (Å²) < 4.78 is 4.69. The predicted molar refractivity (Wildman–Crippen MR) is 83.6 cm³/mol. The van der Waals surface area contributed by atoms with Gasteiger partial charge in [0.15, 0.2) is 0 Å². The van der Waals surface area contributed by atoms with Crippen molar-refractivity contribution in [1.82, 2.24) is 5.32 Å². The van der Waals surface area contributed by atoms with Gasteiger partial charge in [-0.2, -0.15) is 0 Å². The molecule has 0 bridgehead atoms. The van der Waals surface area contributed by atoms with Crippen LogP contribution in [-0.2, 0) is 15.3 Å². The Morgan fingerprint density at radius 2 is 1.90 bits per heavy atom. The van der Waals surface area contributed by atoms with Gasteiger partial charge >= 0.3 is 5.97 Å². The summed E-state index contributed by atoms with van der Waals surface area (Å²) in [6, 6.07) is 7.72. The molecular weight excluding hydrogens is 290 g/mol. The van der Waals surface area contributed by atoms with Gasteiger partial charge in [-0.1, -0.05) is 12.1 Å². The van der Waals surface area contributed by atoms with Crippen LogP contribution in [0, 0.1) is 0 Å². The van der Waals surface area contributed by atoms with Gasteiger partial charge in [0.2, 0.25) is 5.91 Å². The van der Waals surface area contributed by atoms with Crippen LogP contribution in [0.4, 0.5) is 0 Å². The first-order valence-corrected chi connectivity index (χ1v) is 7.69. The molecular formula is C15H21NO4S. The quantitative estimate of drug-likeness (QED) is 0.770. The van der Waals surface area contributed by atoms with E-state index in [1.165, 1.54) is 11.8 Å². The van der Waals surface area contributed by atoms with Gasteiger partial charge in [0.05, 0.1) is 11.4 Å². The molecule has 1 rings (SSSR count). The Hall–Kier alpha value is -1.69. The number of aliphatic carboxylic acids is 1. The number of hydrogen-bond donors (Lipinski definition) is 2. The van der Waals surface area contributed by atoms with E-state index in [1.54, 1.807) is 13.8 Å². The zero-order chi connectivity index (χ0) is 15.9. The van der Waals surface area contributed by atoms with Crippen molar-refractivity contribution < 1.29 is 19.4 Å². The molecule has 0 aliphatic rings. The Morgan fingerprint density at radius 3 is 2.43 bits per heavy atom. The fourth-order valence-corrected chi connectivity index (χ4v) is 2.47. The maximum absolute atomic E-state index is 11.9. The first-order chi connectivity index (χ1) is 9.85. The molecule has 1 amide bonds. The third-order valence-corrected chi connectivity index (χ3v) is 4.17. The normalized spacial score (nSPS) is 11.0. The monoisotopic (exact) mass is 311 g/mol. The lowest BCUT2D eigenvalue weighted by atomic mass is 10.2. The number of hydrogen-bond acceptors (Lipinski definition) is 4. The van der Waals surface area contributed by atoms with Gasteiger partial charge in [-0.25, -0.2) is 0 Å². The Morgan fingerprint density at radius 1 is 1.29 bits per heavy atom. The van der Waals surface area contributed by atoms with Crippen molar-refractivity contribution in [2.75, 3.05) is 13.2 Å². The lowest BCUT2D eigenvalue weighted by Crippen LogP contribution is -2.42. The van der Waals surface area contributed by atoms with Crippen molar-refractivity contribution in [3.63, 3.8) is 0 Å². The molecule has 21 heavy (non-hydrogen) atoms. The lowest BCUT2D eigenvalue weighted by Gasteiger charge is -2.22. The minimum absolute atomic E-state index is 0.277. The van der Waals surface area contributed by atoms with E-state index in [0.29, 0.717) is 12.4 Å². The molecule has 0 spiro atoms. The van der Waals surface area contributed by atoms with Crippen LogP contribution in [0.1, 0.15) is 26.3 Å². The highest BCUT2D eigenvalue weighted by atomic mass is 32.2. The van der Waals surface area contributed by atoms with Gasteiger partial charge < -0.3 is 15.2 Å². The first-order valence-electron chi connectivity index (χ1n) is 6.71. The number of carboxylic acid groups (broad SMARTS) is 1. The summed E-state index contributed by atoms with van der Waals surface area (Å²) in [5.41, 5.74) is 1.09. The number of rotatable bonds is 8. The number of carbonyl (C=O) groups excluding carboxylic acids is 1. The van der Waals surface area contributed by atoms with Crippen molar-refractivity contribution >= 4 is 23.6 Å². The summed E-state index contributed by atoms with van der Waals surface area (Å²) in [5, 5.41) is 11.0. The first kappa shape index (κ1) is 17.4. The minimum atomic E-state index is -1.05. The fraction of sp³-hybridized carbons (Fsp3) is 0.467. The SMILES string of the molecule is CCOc1ccc(CSC(C)(C)C(=O)NCC(=O)O)cc1. The van der Waals surface area contributed by atoms with Gasteiger partial charge in [-0.3, -0.25) is 9.59 Å². The van der Waals surface area contributed by atoms with Crippen LogP contribution >= 0.6 is 11.8 Å². The number of carboxylic acids is 1. The van der Waals surface area contributed by atoms with Crippen molar-refractivity contribution in [2.24, 2.45) is 0 Å². The number of thioether (sulfide) groups is 1. The molecule has 0 saturated carbocycles. The summed E-state index contributed by atoms with van der Waals surface area (Å²) in [6.45, 7) is 5.77. The Labute approximate surface area is 129 Å². The van der Waals surface area contributed by atoms with Gasteiger partial charge in [0.25, 0.3) is 0 Å². The third kappa shape index (κ3) is 6.08. The van der Waals surface area contributed by atoms with E-state index >= 15 is 0 Å². The molecule has 0 aromatic heterocycles. The molecule has 0 fully saturated rings. The van der Waals surface area contributed by atoms with E-state index in [9.17, 15) is 9.59 Å². The molecule has 2 N–H and O–H groups in total. The average Bonchev–Trinajstić information content (AvgIpc) is 2.44. The highest BCUT2D eigenvalue weighted by Gasteiger charge is 2.28. The second-order valence-corrected chi connectivity index (χ2v) is 6.55. The topological polar surface area (TPSA) is 75.6 Å². The van der Waals surface area contributed by atoms with Gasteiger partial charge in [0, 0.05) is 5.75 Å². The summed E-state index contributed by atoms with van der Waals surface area (Å²) in [4.78, 5) is 22.4. The van der Waals surface area contributed by atoms with E-state index < -0.39 is 10.7 Å². The zero-order valence-corrected chi connectivity index (χ0v) is 13.3. The molecule has 0 aliphatic heterocycles. The molecule has 1 aromatic rings. The van der Waals surface area contributed by atoms with Crippen molar-refractivity contribution in [2.45, 2.75) is 31.3 Å². The Bertz CT molecular complexity index is 485. The van der Waals surface area contributed by atoms with Gasteiger partial charge in [-0.15, -0.1) is 11.8 Å². The molecule has 0 heterocycles. The predicted octanol–water partition coefficient (Wildman–Crippen LogP) is 2.30. The van der Waals surface area contributed by atoms with Crippen molar-refractivity contribution in [3.05, 3.63) is 29.8 Å². The Kier molecular flexibility index (Phi) is 6.55. The zero-order valence-electron chi connectivity index (χ0n) is 12.5. The minimum Gasteiger partial charge on any atom is -0.494 e. The van der Waals surface area contributed by atoms with E-state index in [2.05, 4.69) is 5.32 Å². The third-order valence-electron chi connectivity index (χ3n) is 2.78. The van der Waals surface area contributed by atoms with Crippen LogP contribution < -0.4 is 10.1 Å². The summed E-state index contributed by atoms with van der Waals surface area (Å²) >= 11 is 1.47. The van der Waals surface area contributed by atoms with Gasteiger partial charge in [0.1, 0.15) is 12.3 Å². The van der Waals surface area contributed by atoms with Crippen molar-refractivity contribution in [3.8, 4) is 5.75 Å². The highest BCUT2D eigenvalue weighted by Crippen LogP contribution is 2.28. The van der Waals surface area contributed by atoms with Crippen LogP contribution in [0.2, 0.25) is 0 Å². The van der Waals surface area contributed by atoms with E-state index in [4.69, 9.17) is 9.84 Å². The van der Waals surface area contributed by atoms with Crippen molar-refractivity contribution in [1.29, 1.82) is 0 Å². The molecule has 0 aliphatic carbocycles. The van der Waals surface area contributed by atoms with E-state index in [-0.39, 0.29) is 12.5 Å². The molecule has 1 aromatic carbocycles. The van der Waals surface area contributed by atoms with Gasteiger partial charge in [-0.05, 0) is 38.5 Å². The molecule has 0 radical (unpaired) electrons. The van der Waals surface area contributed by atoms with Crippen LogP contribution in [0.25, 0.3) is 0 Å². The van der Waals surface area contributed by atoms with E-state index in [0.717, 1.165) is 11.3 Å². The maximum atomic E-state index is 11.9. The number of carbonyl (C=O) groups is 2. The molecule has 0 saturated heterocycles.